The molecule has 0 amide bonds. The number of nitrogens with zero attached hydrogens (tertiary/aromatic N) is 1. The lowest BCUT2D eigenvalue weighted by Crippen LogP contribution is -2.17. The number of hydrogen-bond donors (Lipinski definition) is 1. The normalized spacial score (nSPS) is 12.0. The molecule has 86 valence electrons. The first-order valence-corrected chi connectivity index (χ1v) is 5.87. The van der Waals surface area contributed by atoms with Gasteiger partial charge in [-0.25, -0.2) is 0 Å². The molecule has 0 radical (unpaired) electrons. The first-order chi connectivity index (χ1) is 7.03. The van der Waals surface area contributed by atoms with Gasteiger partial charge in [-0.1, -0.05) is 27.7 Å². The molecule has 1 N–H and O–H groups in total. The second kappa shape index (κ2) is 5.36. The minimum absolute atomic E-state index is 0.416. The minimum Gasteiger partial charge on any atom is -0.350 e. The lowest BCUT2D eigenvalue weighted by molar-refractivity contribution is 0.347. The van der Waals surface area contributed by atoms with Crippen LogP contribution in [0.2, 0.25) is 0 Å². The lowest BCUT2D eigenvalue weighted by Gasteiger charge is -2.19. The van der Waals surface area contributed by atoms with Crippen molar-refractivity contribution in [1.82, 2.24) is 9.88 Å². The Morgan fingerprint density at radius 2 is 2.07 bits per heavy atom. The van der Waals surface area contributed by atoms with Crippen LogP contribution in [0.1, 0.15) is 39.8 Å². The van der Waals surface area contributed by atoms with Crippen molar-refractivity contribution in [2.45, 2.75) is 47.2 Å². The number of nitrogens with one attached hydrogen (secondary N) is 1. The van der Waals surface area contributed by atoms with Gasteiger partial charge in [0.25, 0.3) is 0 Å². The summed E-state index contributed by atoms with van der Waals surface area (Å²) in [5.74, 6) is 0. The van der Waals surface area contributed by atoms with E-state index >= 15 is 0 Å². The maximum absolute atomic E-state index is 3.37. The molecule has 15 heavy (non-hydrogen) atoms. The van der Waals surface area contributed by atoms with Crippen LogP contribution < -0.4 is 5.32 Å². The average molecular weight is 208 g/mol. The van der Waals surface area contributed by atoms with Gasteiger partial charge in [0, 0.05) is 25.0 Å². The highest BCUT2D eigenvalue weighted by molar-refractivity contribution is 5.06. The van der Waals surface area contributed by atoms with E-state index in [9.17, 15) is 0 Å². The Balaban J connectivity index is 2.50. The molecule has 0 fully saturated rings. The van der Waals surface area contributed by atoms with Crippen molar-refractivity contribution in [3.05, 3.63) is 24.0 Å². The summed E-state index contributed by atoms with van der Waals surface area (Å²) in [4.78, 5) is 0. The predicted octanol–water partition coefficient (Wildman–Crippen LogP) is 3.03. The molecule has 0 aliphatic carbocycles. The van der Waals surface area contributed by atoms with E-state index in [0.717, 1.165) is 19.6 Å². The SMILES string of the molecule is CCNCc1cccn1CCC(C)(C)C. The van der Waals surface area contributed by atoms with Gasteiger partial charge in [-0.2, -0.15) is 0 Å². The maximum atomic E-state index is 3.37. The van der Waals surface area contributed by atoms with Gasteiger partial charge in [0.05, 0.1) is 0 Å². The van der Waals surface area contributed by atoms with Gasteiger partial charge in [0.15, 0.2) is 0 Å². The lowest BCUT2D eigenvalue weighted by atomic mass is 9.92. The van der Waals surface area contributed by atoms with Gasteiger partial charge in [0.2, 0.25) is 0 Å². The van der Waals surface area contributed by atoms with Crippen molar-refractivity contribution < 1.29 is 0 Å². The molecule has 1 heterocycles. The topological polar surface area (TPSA) is 17.0 Å². The van der Waals surface area contributed by atoms with Gasteiger partial charge in [-0.3, -0.25) is 0 Å². The Morgan fingerprint density at radius 3 is 2.67 bits per heavy atom. The second-order valence-corrected chi connectivity index (χ2v) is 5.28. The number of aromatic nitrogens is 1. The molecule has 1 aromatic rings. The van der Waals surface area contributed by atoms with Crippen LogP contribution in [-0.4, -0.2) is 11.1 Å². The van der Waals surface area contributed by atoms with Gasteiger partial charge in [0.1, 0.15) is 0 Å². The summed E-state index contributed by atoms with van der Waals surface area (Å²) in [6, 6.07) is 4.33. The standard InChI is InChI=1S/C13H24N2/c1-5-14-11-12-7-6-9-15(12)10-8-13(2,3)4/h6-7,9,14H,5,8,10-11H2,1-4H3. The summed E-state index contributed by atoms with van der Waals surface area (Å²) in [6.45, 7) is 12.2. The molecule has 2 heteroatoms. The molecule has 1 rings (SSSR count). The minimum atomic E-state index is 0.416. The molecule has 0 spiro atoms. The first kappa shape index (κ1) is 12.3. The van der Waals surface area contributed by atoms with Crippen molar-refractivity contribution >= 4 is 0 Å². The molecule has 0 aliphatic heterocycles. The van der Waals surface area contributed by atoms with Crippen molar-refractivity contribution in [1.29, 1.82) is 0 Å². The zero-order valence-corrected chi connectivity index (χ0v) is 10.5. The van der Waals surface area contributed by atoms with E-state index in [1.54, 1.807) is 0 Å². The van der Waals surface area contributed by atoms with E-state index in [1.165, 1.54) is 12.1 Å². The molecular formula is C13H24N2. The summed E-state index contributed by atoms with van der Waals surface area (Å²) in [5.41, 5.74) is 1.81. The van der Waals surface area contributed by atoms with Crippen molar-refractivity contribution in [2.75, 3.05) is 6.54 Å². The van der Waals surface area contributed by atoms with Crippen LogP contribution in [0, 0.1) is 5.41 Å². The monoisotopic (exact) mass is 208 g/mol. The Kier molecular flexibility index (Phi) is 4.40. The Bertz CT molecular complexity index is 281. The van der Waals surface area contributed by atoms with Crippen LogP contribution in [-0.2, 0) is 13.1 Å². The van der Waals surface area contributed by atoms with Crippen LogP contribution >= 0.6 is 0 Å². The van der Waals surface area contributed by atoms with Crippen LogP contribution in [0.25, 0.3) is 0 Å². The fourth-order valence-corrected chi connectivity index (χ4v) is 1.54. The quantitative estimate of drug-likeness (QED) is 0.787. The summed E-state index contributed by atoms with van der Waals surface area (Å²) in [5, 5.41) is 3.37. The molecule has 0 atom stereocenters. The van der Waals surface area contributed by atoms with E-state index in [-0.39, 0.29) is 0 Å². The highest BCUT2D eigenvalue weighted by Gasteiger charge is 2.10. The van der Waals surface area contributed by atoms with Crippen LogP contribution in [0.5, 0.6) is 0 Å². The highest BCUT2D eigenvalue weighted by atomic mass is 15.0. The average Bonchev–Trinajstić information content (AvgIpc) is 2.57. The molecule has 0 aromatic carbocycles. The second-order valence-electron chi connectivity index (χ2n) is 5.28. The third kappa shape index (κ3) is 4.52. The number of rotatable bonds is 5. The van der Waals surface area contributed by atoms with E-state index in [0.29, 0.717) is 5.41 Å². The fraction of sp³-hybridized carbons (Fsp3) is 0.692. The highest BCUT2D eigenvalue weighted by Crippen LogP contribution is 2.20. The van der Waals surface area contributed by atoms with E-state index in [2.05, 4.69) is 55.9 Å². The Morgan fingerprint density at radius 1 is 1.33 bits per heavy atom. The molecule has 1 aromatic heterocycles. The number of hydrogen-bond acceptors (Lipinski definition) is 1. The third-order valence-corrected chi connectivity index (χ3v) is 2.58. The van der Waals surface area contributed by atoms with Gasteiger partial charge >= 0.3 is 0 Å². The summed E-state index contributed by atoms with van der Waals surface area (Å²) in [6.07, 6.45) is 3.40. The van der Waals surface area contributed by atoms with Gasteiger partial charge in [-0.05, 0) is 30.5 Å². The van der Waals surface area contributed by atoms with Crippen LogP contribution in [0.3, 0.4) is 0 Å². The summed E-state index contributed by atoms with van der Waals surface area (Å²) >= 11 is 0. The Hall–Kier alpha value is -0.760. The maximum Gasteiger partial charge on any atom is 0.0359 e. The van der Waals surface area contributed by atoms with E-state index in [4.69, 9.17) is 0 Å². The van der Waals surface area contributed by atoms with Crippen molar-refractivity contribution in [3.63, 3.8) is 0 Å². The fourth-order valence-electron chi connectivity index (χ4n) is 1.54. The zero-order valence-electron chi connectivity index (χ0n) is 10.5. The van der Waals surface area contributed by atoms with Crippen molar-refractivity contribution in [3.8, 4) is 0 Å². The zero-order chi connectivity index (χ0) is 11.3. The molecular weight excluding hydrogens is 184 g/mol. The van der Waals surface area contributed by atoms with Crippen LogP contribution in [0.15, 0.2) is 18.3 Å². The molecule has 2 nitrogen and oxygen atoms in total. The Labute approximate surface area is 93.7 Å². The first-order valence-electron chi connectivity index (χ1n) is 5.87. The predicted molar refractivity (Wildman–Crippen MR) is 65.9 cm³/mol. The van der Waals surface area contributed by atoms with Gasteiger partial charge in [-0.15, -0.1) is 0 Å². The molecule has 0 saturated heterocycles. The number of aryl methyl sites for hydroxylation is 1. The molecule has 0 unspecified atom stereocenters. The summed E-state index contributed by atoms with van der Waals surface area (Å²) < 4.78 is 2.36. The van der Waals surface area contributed by atoms with Gasteiger partial charge < -0.3 is 9.88 Å². The van der Waals surface area contributed by atoms with E-state index < -0.39 is 0 Å². The molecule has 0 aliphatic rings. The molecule has 0 bridgehead atoms. The third-order valence-electron chi connectivity index (χ3n) is 2.58. The van der Waals surface area contributed by atoms with Crippen LogP contribution in [0.4, 0.5) is 0 Å². The largest absolute Gasteiger partial charge is 0.350 e. The molecule has 0 saturated carbocycles. The summed E-state index contributed by atoms with van der Waals surface area (Å²) in [7, 11) is 0. The smallest absolute Gasteiger partial charge is 0.0359 e. The van der Waals surface area contributed by atoms with E-state index in [1.807, 2.05) is 0 Å². The van der Waals surface area contributed by atoms with Crippen molar-refractivity contribution in [2.24, 2.45) is 5.41 Å².